The number of rotatable bonds is 3. The fraction of sp³-hybridized carbons (Fsp3) is 0.381. The third-order valence-corrected chi connectivity index (χ3v) is 6.48. The highest BCUT2D eigenvalue weighted by molar-refractivity contribution is 7.99. The van der Waals surface area contributed by atoms with Gasteiger partial charge in [-0.15, -0.1) is 0 Å². The van der Waals surface area contributed by atoms with Crippen molar-refractivity contribution >= 4 is 46.3 Å². The molecule has 0 atom stereocenters. The first-order valence-electron chi connectivity index (χ1n) is 9.29. The number of thioether (sulfide) groups is 1. The summed E-state index contributed by atoms with van der Waals surface area (Å²) in [6.07, 6.45) is 2.15. The molecule has 0 bridgehead atoms. The summed E-state index contributed by atoms with van der Waals surface area (Å²) in [6.45, 7) is 0.627. The predicted octanol–water partition coefficient (Wildman–Crippen LogP) is 5.11. The molecule has 0 unspecified atom stereocenters. The molecule has 142 valence electrons. The van der Waals surface area contributed by atoms with Crippen molar-refractivity contribution < 1.29 is 0 Å². The molecule has 2 aromatic rings. The lowest BCUT2D eigenvalue weighted by atomic mass is 9.87. The molecule has 1 saturated heterocycles. The van der Waals surface area contributed by atoms with Crippen molar-refractivity contribution in [1.29, 1.82) is 0 Å². The number of nitrogens with one attached hydrogen (secondary N) is 2. The summed E-state index contributed by atoms with van der Waals surface area (Å²) in [6, 6.07) is 14.5. The van der Waals surface area contributed by atoms with Gasteiger partial charge in [0.25, 0.3) is 0 Å². The number of hydrogen-bond donors (Lipinski definition) is 2. The molecule has 4 rings (SSSR count). The van der Waals surface area contributed by atoms with Gasteiger partial charge in [0.1, 0.15) is 5.84 Å². The normalized spacial score (nSPS) is 19.3. The van der Waals surface area contributed by atoms with Crippen LogP contribution in [0, 0.1) is 0 Å². The Labute approximate surface area is 170 Å². The van der Waals surface area contributed by atoms with Crippen LogP contribution in [0.5, 0.6) is 0 Å². The average molecular weight is 401 g/mol. The van der Waals surface area contributed by atoms with Crippen LogP contribution in [0.15, 0.2) is 47.5 Å². The Morgan fingerprint density at radius 2 is 1.93 bits per heavy atom. The largest absolute Gasteiger partial charge is 0.378 e. The maximum absolute atomic E-state index is 6.14. The third-order valence-electron chi connectivity index (χ3n) is 5.25. The van der Waals surface area contributed by atoms with Crippen LogP contribution >= 0.6 is 23.4 Å². The summed E-state index contributed by atoms with van der Waals surface area (Å²) in [5.41, 5.74) is 4.46. The van der Waals surface area contributed by atoms with Crippen molar-refractivity contribution in [3.8, 4) is 0 Å². The smallest absolute Gasteiger partial charge is 0.127 e. The lowest BCUT2D eigenvalue weighted by Crippen LogP contribution is -2.54. The second kappa shape index (κ2) is 7.64. The third kappa shape index (κ3) is 3.90. The number of fused-ring (bicyclic) bond motifs is 1. The van der Waals surface area contributed by atoms with E-state index in [4.69, 9.17) is 16.6 Å². The summed E-state index contributed by atoms with van der Waals surface area (Å²) < 4.78 is 0. The molecule has 0 amide bonds. The van der Waals surface area contributed by atoms with Crippen molar-refractivity contribution in [3.63, 3.8) is 0 Å². The highest BCUT2D eigenvalue weighted by Gasteiger charge is 2.41. The molecule has 4 nitrogen and oxygen atoms in total. The molecule has 6 heteroatoms. The van der Waals surface area contributed by atoms with Gasteiger partial charge in [0.2, 0.25) is 0 Å². The standard InChI is InChI=1S/C21H25ClN4S/c1-26(2)17-6-7-18-19(13-17)24-20(21(25-18)8-10-27-11-9-21)23-14-15-4-3-5-16(22)12-15/h3-7,12-13,25H,8-11,14H2,1-2H3,(H,23,24). The Balaban J connectivity index is 1.68. The molecule has 0 aliphatic carbocycles. The van der Waals surface area contributed by atoms with Gasteiger partial charge in [-0.1, -0.05) is 23.7 Å². The Kier molecular flexibility index (Phi) is 5.24. The molecule has 1 fully saturated rings. The second-order valence-electron chi connectivity index (χ2n) is 7.36. The molecule has 0 radical (unpaired) electrons. The first kappa shape index (κ1) is 18.5. The van der Waals surface area contributed by atoms with Crippen molar-refractivity contribution in [3.05, 3.63) is 53.1 Å². The van der Waals surface area contributed by atoms with Gasteiger partial charge in [0, 0.05) is 24.8 Å². The van der Waals surface area contributed by atoms with Gasteiger partial charge in [-0.2, -0.15) is 11.8 Å². The first-order valence-corrected chi connectivity index (χ1v) is 10.8. The van der Waals surface area contributed by atoms with Gasteiger partial charge < -0.3 is 15.5 Å². The van der Waals surface area contributed by atoms with Gasteiger partial charge in [-0.3, -0.25) is 4.99 Å². The van der Waals surface area contributed by atoms with Gasteiger partial charge >= 0.3 is 0 Å². The SMILES string of the molecule is CN(C)c1ccc2c(c1)NC(=NCc1cccc(Cl)c1)C1(CCSCC1)N2. The summed E-state index contributed by atoms with van der Waals surface area (Å²) in [5, 5.41) is 8.24. The van der Waals surface area contributed by atoms with Gasteiger partial charge in [0.05, 0.1) is 23.5 Å². The molecule has 2 heterocycles. The van der Waals surface area contributed by atoms with E-state index in [0.29, 0.717) is 6.54 Å². The molecular formula is C21H25ClN4S. The van der Waals surface area contributed by atoms with Crippen molar-refractivity contribution in [2.75, 3.05) is 41.1 Å². The average Bonchev–Trinajstić information content (AvgIpc) is 2.66. The van der Waals surface area contributed by atoms with Crippen LogP contribution in [-0.2, 0) is 6.54 Å². The van der Waals surface area contributed by atoms with Crippen LogP contribution in [0.4, 0.5) is 17.1 Å². The van der Waals surface area contributed by atoms with E-state index in [1.54, 1.807) is 0 Å². The molecule has 1 spiro atoms. The molecule has 2 aliphatic rings. The number of nitrogens with zero attached hydrogens (tertiary/aromatic N) is 2. The van der Waals surface area contributed by atoms with Crippen LogP contribution in [0.25, 0.3) is 0 Å². The summed E-state index contributed by atoms with van der Waals surface area (Å²) in [4.78, 5) is 7.12. The minimum atomic E-state index is -0.101. The fourth-order valence-corrected chi connectivity index (χ4v) is 5.07. The van der Waals surface area contributed by atoms with Crippen LogP contribution in [-0.4, -0.2) is 37.0 Å². The molecular weight excluding hydrogens is 376 g/mol. The van der Waals surface area contributed by atoms with Gasteiger partial charge in [0.15, 0.2) is 0 Å². The van der Waals surface area contributed by atoms with Gasteiger partial charge in [-0.05, 0) is 60.2 Å². The second-order valence-corrected chi connectivity index (χ2v) is 9.02. The van der Waals surface area contributed by atoms with Crippen LogP contribution in [0.1, 0.15) is 18.4 Å². The molecule has 2 aliphatic heterocycles. The Morgan fingerprint density at radius 1 is 1.11 bits per heavy atom. The minimum Gasteiger partial charge on any atom is -0.378 e. The molecule has 2 aromatic carbocycles. The van der Waals surface area contributed by atoms with E-state index in [0.717, 1.165) is 52.1 Å². The van der Waals surface area contributed by atoms with Crippen LogP contribution in [0.3, 0.4) is 0 Å². The Hall–Kier alpha value is -1.85. The number of hydrogen-bond acceptors (Lipinski definition) is 4. The fourth-order valence-electron chi connectivity index (χ4n) is 3.67. The highest BCUT2D eigenvalue weighted by Crippen LogP contribution is 2.40. The quantitative estimate of drug-likeness (QED) is 0.751. The van der Waals surface area contributed by atoms with Crippen molar-refractivity contribution in [2.24, 2.45) is 4.99 Å². The Morgan fingerprint density at radius 3 is 2.67 bits per heavy atom. The predicted molar refractivity (Wildman–Crippen MR) is 120 cm³/mol. The first-order chi connectivity index (χ1) is 13.1. The zero-order valence-corrected chi connectivity index (χ0v) is 17.3. The molecule has 0 saturated carbocycles. The van der Waals surface area contributed by atoms with E-state index >= 15 is 0 Å². The maximum atomic E-state index is 6.14. The number of benzene rings is 2. The van der Waals surface area contributed by atoms with E-state index in [1.165, 1.54) is 5.69 Å². The molecule has 0 aromatic heterocycles. The highest BCUT2D eigenvalue weighted by atomic mass is 35.5. The number of halogens is 1. The number of amidine groups is 1. The number of anilines is 3. The zero-order chi connectivity index (χ0) is 18.9. The number of aliphatic imine (C=N–C) groups is 1. The van der Waals surface area contributed by atoms with Crippen LogP contribution in [0.2, 0.25) is 5.02 Å². The summed E-state index contributed by atoms with van der Waals surface area (Å²) in [7, 11) is 4.12. The maximum Gasteiger partial charge on any atom is 0.127 e. The van der Waals surface area contributed by atoms with Gasteiger partial charge in [-0.25, -0.2) is 0 Å². The van der Waals surface area contributed by atoms with Crippen molar-refractivity contribution in [2.45, 2.75) is 24.9 Å². The Bertz CT molecular complexity index is 859. The van der Waals surface area contributed by atoms with E-state index in [1.807, 2.05) is 30.0 Å². The summed E-state index contributed by atoms with van der Waals surface area (Å²) >= 11 is 8.16. The zero-order valence-electron chi connectivity index (χ0n) is 15.8. The lowest BCUT2D eigenvalue weighted by molar-refractivity contribution is 0.560. The lowest BCUT2D eigenvalue weighted by Gasteiger charge is -2.44. The topological polar surface area (TPSA) is 39.7 Å². The van der Waals surface area contributed by atoms with Crippen LogP contribution < -0.4 is 15.5 Å². The van der Waals surface area contributed by atoms with Crippen molar-refractivity contribution in [1.82, 2.24) is 0 Å². The van der Waals surface area contributed by atoms with E-state index in [2.05, 4.69) is 53.9 Å². The van der Waals surface area contributed by atoms with E-state index in [-0.39, 0.29) is 5.54 Å². The molecule has 27 heavy (non-hydrogen) atoms. The summed E-state index contributed by atoms with van der Waals surface area (Å²) in [5.74, 6) is 3.34. The molecule has 2 N–H and O–H groups in total. The minimum absolute atomic E-state index is 0.101. The van der Waals surface area contributed by atoms with E-state index < -0.39 is 0 Å². The van der Waals surface area contributed by atoms with E-state index in [9.17, 15) is 0 Å². The monoisotopic (exact) mass is 400 g/mol.